The number of aromatic hydroxyl groups is 2. The average Bonchev–Trinajstić information content (AvgIpc) is 2.40. The van der Waals surface area contributed by atoms with Gasteiger partial charge in [-0.1, -0.05) is 18.3 Å². The molecule has 0 atom stereocenters. The molecule has 0 radical (unpaired) electrons. The van der Waals surface area contributed by atoms with E-state index in [1.807, 2.05) is 0 Å². The Bertz CT molecular complexity index is 522. The molecular formula is C14H19N3O3S. The van der Waals surface area contributed by atoms with Crippen LogP contribution in [0.4, 0.5) is 0 Å². The molecule has 1 saturated heterocycles. The van der Waals surface area contributed by atoms with Crippen LogP contribution in [0.15, 0.2) is 18.2 Å². The monoisotopic (exact) mass is 309 g/mol. The third-order valence-electron chi connectivity index (χ3n) is 3.55. The molecule has 6 nitrogen and oxygen atoms in total. The van der Waals surface area contributed by atoms with Gasteiger partial charge in [0, 0.05) is 25.7 Å². The Hall–Kier alpha value is -1.86. The maximum atomic E-state index is 12.1. The number of nitrogens with one attached hydrogen (secondary N) is 1. The van der Waals surface area contributed by atoms with Crippen molar-refractivity contribution < 1.29 is 15.0 Å². The number of hydrogen-bond acceptors (Lipinski definition) is 5. The molecule has 7 heteroatoms. The van der Waals surface area contributed by atoms with Crippen LogP contribution in [0.3, 0.4) is 0 Å². The molecular weight excluding hydrogens is 290 g/mol. The molecule has 0 aromatic heterocycles. The summed E-state index contributed by atoms with van der Waals surface area (Å²) in [4.78, 5) is 14.7. The number of nitrogens with zero attached hydrogens (tertiary/aromatic N) is 1. The van der Waals surface area contributed by atoms with Crippen LogP contribution in [0.25, 0.3) is 0 Å². The van der Waals surface area contributed by atoms with Gasteiger partial charge >= 0.3 is 0 Å². The highest BCUT2D eigenvalue weighted by Crippen LogP contribution is 2.26. The van der Waals surface area contributed by atoms with Crippen molar-refractivity contribution >= 4 is 23.1 Å². The maximum Gasteiger partial charge on any atom is 0.259 e. The zero-order valence-corrected chi connectivity index (χ0v) is 12.4. The van der Waals surface area contributed by atoms with Gasteiger partial charge in [-0.2, -0.15) is 0 Å². The molecule has 0 spiro atoms. The van der Waals surface area contributed by atoms with E-state index in [9.17, 15) is 15.0 Å². The maximum absolute atomic E-state index is 12.1. The normalized spacial score (nSPS) is 16.6. The molecule has 114 valence electrons. The van der Waals surface area contributed by atoms with Crippen LogP contribution < -0.4 is 11.1 Å². The second-order valence-corrected chi connectivity index (χ2v) is 5.69. The largest absolute Gasteiger partial charge is 0.507 e. The minimum absolute atomic E-state index is 0.0131. The molecule has 0 unspecified atom stereocenters. The Morgan fingerprint density at radius 2 is 1.90 bits per heavy atom. The van der Waals surface area contributed by atoms with Crippen LogP contribution in [0, 0.1) is 0 Å². The number of nitrogens with two attached hydrogens (primary N) is 1. The summed E-state index contributed by atoms with van der Waals surface area (Å²) >= 11 is 4.88. The lowest BCUT2D eigenvalue weighted by Gasteiger charge is -2.32. The van der Waals surface area contributed by atoms with Gasteiger partial charge in [0.15, 0.2) is 0 Å². The van der Waals surface area contributed by atoms with Crippen LogP contribution in [0.2, 0.25) is 0 Å². The third-order valence-corrected chi connectivity index (χ3v) is 3.68. The molecule has 1 aliphatic rings. The zero-order chi connectivity index (χ0) is 15.4. The van der Waals surface area contributed by atoms with E-state index in [0.29, 0.717) is 11.5 Å². The fraction of sp³-hybridized carbons (Fsp3) is 0.429. The van der Waals surface area contributed by atoms with Crippen molar-refractivity contribution in [3.8, 4) is 11.5 Å². The third kappa shape index (κ3) is 4.05. The first-order valence-corrected chi connectivity index (χ1v) is 7.20. The number of benzene rings is 1. The van der Waals surface area contributed by atoms with Gasteiger partial charge in [0.1, 0.15) is 17.1 Å². The summed E-state index contributed by atoms with van der Waals surface area (Å²) in [6, 6.07) is 4.24. The van der Waals surface area contributed by atoms with E-state index in [1.54, 1.807) is 0 Å². The van der Waals surface area contributed by atoms with Gasteiger partial charge in [0.2, 0.25) is 0 Å². The number of phenolic OH excluding ortho intramolecular Hbond substituents is 2. The van der Waals surface area contributed by atoms with Crippen LogP contribution in [-0.4, -0.2) is 51.7 Å². The average molecular weight is 309 g/mol. The summed E-state index contributed by atoms with van der Waals surface area (Å²) in [5.74, 6) is -0.907. The molecule has 0 aliphatic carbocycles. The van der Waals surface area contributed by atoms with Gasteiger partial charge in [-0.05, 0) is 25.0 Å². The molecule has 1 heterocycles. The highest BCUT2D eigenvalue weighted by molar-refractivity contribution is 7.80. The first-order valence-electron chi connectivity index (χ1n) is 6.80. The van der Waals surface area contributed by atoms with Crippen molar-refractivity contribution in [3.05, 3.63) is 23.8 Å². The van der Waals surface area contributed by atoms with Gasteiger partial charge in [-0.15, -0.1) is 0 Å². The number of phenols is 2. The lowest BCUT2D eigenvalue weighted by molar-refractivity contribution is 0.0909. The van der Waals surface area contributed by atoms with E-state index in [-0.39, 0.29) is 23.1 Å². The second kappa shape index (κ2) is 6.73. The molecule has 5 N–H and O–H groups in total. The summed E-state index contributed by atoms with van der Waals surface area (Å²) in [5.41, 5.74) is 5.43. The number of piperidine rings is 1. The van der Waals surface area contributed by atoms with Crippen molar-refractivity contribution in [2.45, 2.75) is 18.9 Å². The van der Waals surface area contributed by atoms with Crippen molar-refractivity contribution in [1.29, 1.82) is 0 Å². The first kappa shape index (κ1) is 15.5. The van der Waals surface area contributed by atoms with E-state index < -0.39 is 5.91 Å². The molecule has 2 rings (SSSR count). The van der Waals surface area contributed by atoms with Crippen LogP contribution in [-0.2, 0) is 0 Å². The summed E-state index contributed by atoms with van der Waals surface area (Å²) < 4.78 is 0. The molecule has 1 aromatic rings. The molecule has 1 amide bonds. The highest BCUT2D eigenvalue weighted by Gasteiger charge is 2.23. The standard InChI is InChI=1S/C14H19N3O3S/c15-12(21)8-17-6-4-9(5-7-17)16-14(20)13-10(18)2-1-3-11(13)19/h1-3,9,18-19H,4-8H2,(H2,15,21)(H,16,20). The smallest absolute Gasteiger partial charge is 0.259 e. The number of carbonyl (C=O) groups excluding carboxylic acids is 1. The van der Waals surface area contributed by atoms with Crippen molar-refractivity contribution in [2.75, 3.05) is 19.6 Å². The number of carbonyl (C=O) groups is 1. The number of hydrogen-bond donors (Lipinski definition) is 4. The topological polar surface area (TPSA) is 98.8 Å². The first-order chi connectivity index (χ1) is 9.97. The SMILES string of the molecule is NC(=S)CN1CCC(NC(=O)c2c(O)cccc2O)CC1. The Morgan fingerprint density at radius 1 is 1.33 bits per heavy atom. The summed E-state index contributed by atoms with van der Waals surface area (Å²) in [6.07, 6.45) is 1.56. The summed E-state index contributed by atoms with van der Waals surface area (Å²) in [7, 11) is 0. The van der Waals surface area contributed by atoms with Gasteiger partial charge in [0.05, 0.1) is 4.99 Å². The predicted octanol–water partition coefficient (Wildman–Crippen LogP) is 0.578. The Kier molecular flexibility index (Phi) is 4.98. The van der Waals surface area contributed by atoms with Gasteiger partial charge in [0.25, 0.3) is 5.91 Å². The number of amides is 1. The van der Waals surface area contributed by atoms with Crippen molar-refractivity contribution in [3.63, 3.8) is 0 Å². The van der Waals surface area contributed by atoms with Crippen molar-refractivity contribution in [2.24, 2.45) is 5.73 Å². The molecule has 0 bridgehead atoms. The molecule has 1 fully saturated rings. The molecule has 1 aliphatic heterocycles. The second-order valence-electron chi connectivity index (χ2n) is 5.16. The quantitative estimate of drug-likeness (QED) is 0.607. The number of rotatable bonds is 4. The van der Waals surface area contributed by atoms with E-state index in [0.717, 1.165) is 25.9 Å². The minimum Gasteiger partial charge on any atom is -0.507 e. The fourth-order valence-electron chi connectivity index (χ4n) is 2.47. The fourth-order valence-corrected chi connectivity index (χ4v) is 2.66. The van der Waals surface area contributed by atoms with E-state index in [1.165, 1.54) is 18.2 Å². The summed E-state index contributed by atoms with van der Waals surface area (Å²) in [5, 5.41) is 22.2. The van der Waals surface area contributed by atoms with Gasteiger partial charge in [-0.3, -0.25) is 9.69 Å². The summed E-state index contributed by atoms with van der Waals surface area (Å²) in [6.45, 7) is 2.19. The minimum atomic E-state index is -0.460. The van der Waals surface area contributed by atoms with Gasteiger partial charge in [-0.25, -0.2) is 0 Å². The zero-order valence-electron chi connectivity index (χ0n) is 11.6. The van der Waals surface area contributed by atoms with Crippen LogP contribution in [0.5, 0.6) is 11.5 Å². The Morgan fingerprint density at radius 3 is 2.43 bits per heavy atom. The van der Waals surface area contributed by atoms with Crippen LogP contribution in [0.1, 0.15) is 23.2 Å². The number of likely N-dealkylation sites (tertiary alicyclic amines) is 1. The van der Waals surface area contributed by atoms with Gasteiger partial charge < -0.3 is 21.3 Å². The lowest BCUT2D eigenvalue weighted by Crippen LogP contribution is -2.46. The molecule has 0 saturated carbocycles. The Labute approximate surface area is 128 Å². The van der Waals surface area contributed by atoms with Crippen molar-refractivity contribution in [1.82, 2.24) is 10.2 Å². The molecule has 21 heavy (non-hydrogen) atoms. The predicted molar refractivity (Wildman–Crippen MR) is 83.5 cm³/mol. The van der Waals surface area contributed by atoms with E-state index in [4.69, 9.17) is 18.0 Å². The lowest BCUT2D eigenvalue weighted by atomic mass is 10.0. The number of thiocarbonyl (C=S) groups is 1. The van der Waals surface area contributed by atoms with Crippen LogP contribution >= 0.6 is 12.2 Å². The van der Waals surface area contributed by atoms with E-state index >= 15 is 0 Å². The van der Waals surface area contributed by atoms with E-state index in [2.05, 4.69) is 10.2 Å². The highest BCUT2D eigenvalue weighted by atomic mass is 32.1. The Balaban J connectivity index is 1.92. The molecule has 1 aromatic carbocycles.